The maximum absolute atomic E-state index is 13.9. The zero-order valence-corrected chi connectivity index (χ0v) is 20.4. The predicted molar refractivity (Wildman–Crippen MR) is 134 cm³/mol. The van der Waals surface area contributed by atoms with Crippen LogP contribution >= 0.6 is 11.5 Å². The van der Waals surface area contributed by atoms with Crippen LogP contribution in [0.2, 0.25) is 0 Å². The van der Waals surface area contributed by atoms with E-state index in [2.05, 4.69) is 9.69 Å². The Labute approximate surface area is 211 Å². The van der Waals surface area contributed by atoms with Crippen molar-refractivity contribution in [3.05, 3.63) is 76.0 Å². The summed E-state index contributed by atoms with van der Waals surface area (Å²) >= 11 is 0.721. The summed E-state index contributed by atoms with van der Waals surface area (Å²) in [7, 11) is 0. The number of carbonyl (C=O) groups excluding carboxylic acids is 3. The van der Waals surface area contributed by atoms with E-state index in [4.69, 9.17) is 16.2 Å². The van der Waals surface area contributed by atoms with E-state index in [1.807, 2.05) is 6.92 Å². The number of carbonyl (C=O) groups is 3. The topological polar surface area (TPSA) is 141 Å². The van der Waals surface area contributed by atoms with Crippen molar-refractivity contribution in [3.63, 3.8) is 0 Å². The smallest absolute Gasteiger partial charge is 0.273 e. The fourth-order valence-electron chi connectivity index (χ4n) is 4.01. The van der Waals surface area contributed by atoms with Gasteiger partial charge in [0.05, 0.1) is 11.8 Å². The van der Waals surface area contributed by atoms with Crippen molar-refractivity contribution in [2.24, 2.45) is 5.73 Å². The average Bonchev–Trinajstić information content (AvgIpc) is 3.52. The second-order valence-electron chi connectivity index (χ2n) is 8.48. The lowest BCUT2D eigenvalue weighted by Gasteiger charge is -2.31. The molecule has 5 N–H and O–H groups in total. The molecule has 1 fully saturated rings. The van der Waals surface area contributed by atoms with Gasteiger partial charge in [-0.15, -0.1) is 0 Å². The Balaban J connectivity index is 1.79. The van der Waals surface area contributed by atoms with E-state index in [-0.39, 0.29) is 28.9 Å². The normalized spacial score (nSPS) is 15.9. The Morgan fingerprint density at radius 3 is 2.47 bits per heavy atom. The van der Waals surface area contributed by atoms with E-state index in [1.54, 1.807) is 24.3 Å². The van der Waals surface area contributed by atoms with Crippen LogP contribution in [0.5, 0.6) is 0 Å². The molecule has 3 amide bonds. The van der Waals surface area contributed by atoms with Crippen LogP contribution < -0.4 is 21.7 Å². The van der Waals surface area contributed by atoms with E-state index >= 15 is 0 Å². The fraction of sp³-hybridized carbons (Fsp3) is 0.280. The molecule has 2 atom stereocenters. The summed E-state index contributed by atoms with van der Waals surface area (Å²) < 4.78 is 23.3. The third-order valence-corrected chi connectivity index (χ3v) is 6.76. The summed E-state index contributed by atoms with van der Waals surface area (Å²) in [5, 5.41) is 2.87. The molecule has 2 unspecified atom stereocenters. The third kappa shape index (κ3) is 5.37. The molecule has 4 rings (SSSR count). The van der Waals surface area contributed by atoms with Gasteiger partial charge in [0.25, 0.3) is 11.8 Å². The Kier molecular flexibility index (Phi) is 7.61. The highest BCUT2D eigenvalue weighted by Crippen LogP contribution is 2.33. The molecule has 1 aliphatic heterocycles. The zero-order valence-electron chi connectivity index (χ0n) is 19.6. The van der Waals surface area contributed by atoms with Crippen LogP contribution in [0, 0.1) is 12.7 Å². The number of primary amides is 1. The Bertz CT molecular complexity index is 1260. The summed E-state index contributed by atoms with van der Waals surface area (Å²) in [5.74, 6) is -2.48. The van der Waals surface area contributed by atoms with Crippen LogP contribution in [-0.2, 0) is 9.53 Å². The van der Waals surface area contributed by atoms with Crippen molar-refractivity contribution >= 4 is 40.6 Å². The number of nitrogens with one attached hydrogen (secondary N) is 1. The van der Waals surface area contributed by atoms with Gasteiger partial charge >= 0.3 is 0 Å². The first-order valence-electron chi connectivity index (χ1n) is 11.4. The minimum Gasteiger partial charge on any atom is -0.395 e. The van der Waals surface area contributed by atoms with Crippen LogP contribution in [-0.4, -0.2) is 41.4 Å². The Hall–Kier alpha value is -3.83. The van der Waals surface area contributed by atoms with Crippen molar-refractivity contribution in [2.45, 2.75) is 31.9 Å². The van der Waals surface area contributed by atoms with E-state index in [1.165, 1.54) is 29.2 Å². The third-order valence-electron chi connectivity index (χ3n) is 5.91. The number of rotatable bonds is 8. The second-order valence-corrected chi connectivity index (χ2v) is 9.26. The summed E-state index contributed by atoms with van der Waals surface area (Å²) in [6.07, 6.45) is 1.60. The summed E-state index contributed by atoms with van der Waals surface area (Å²) in [6.45, 7) is 2.78. The standard InChI is InChI=1S/C25H26FN5O4S/c1-14-4-10-17(11-5-14)31(25(34)22-19(27)20(23(28)32)30-36-22)21(15-6-8-16(26)9-7-15)24(33)29-13-18-3-2-12-35-18/h4-11,18,21H,2-3,12-13,27H2,1H3,(H2,28,32)(H,29,33). The zero-order chi connectivity index (χ0) is 25.8. The molecule has 1 aliphatic rings. The van der Waals surface area contributed by atoms with Gasteiger partial charge in [0.2, 0.25) is 5.91 Å². The molecule has 188 valence electrons. The van der Waals surface area contributed by atoms with Gasteiger partial charge < -0.3 is 21.5 Å². The number of anilines is 2. The predicted octanol–water partition coefficient (Wildman–Crippen LogP) is 2.96. The Morgan fingerprint density at radius 1 is 1.19 bits per heavy atom. The summed E-state index contributed by atoms with van der Waals surface area (Å²) in [6, 6.07) is 11.2. The van der Waals surface area contributed by atoms with Gasteiger partial charge in [-0.3, -0.25) is 19.3 Å². The molecule has 11 heteroatoms. The minimum atomic E-state index is -1.18. The lowest BCUT2D eigenvalue weighted by molar-refractivity contribution is -0.123. The maximum atomic E-state index is 13.9. The molecule has 0 aliphatic carbocycles. The average molecular weight is 512 g/mol. The van der Waals surface area contributed by atoms with E-state index in [0.29, 0.717) is 17.9 Å². The van der Waals surface area contributed by atoms with Gasteiger partial charge in [0.1, 0.15) is 16.7 Å². The van der Waals surface area contributed by atoms with Crippen molar-refractivity contribution in [1.82, 2.24) is 9.69 Å². The maximum Gasteiger partial charge on any atom is 0.273 e. The van der Waals surface area contributed by atoms with Crippen LogP contribution in [0.15, 0.2) is 48.5 Å². The lowest BCUT2D eigenvalue weighted by Crippen LogP contribution is -2.45. The van der Waals surface area contributed by atoms with Crippen molar-refractivity contribution in [1.29, 1.82) is 0 Å². The van der Waals surface area contributed by atoms with Gasteiger partial charge in [-0.2, -0.15) is 4.37 Å². The first-order chi connectivity index (χ1) is 17.3. The molecule has 1 saturated heterocycles. The van der Waals surface area contributed by atoms with Crippen LogP contribution in [0.25, 0.3) is 0 Å². The van der Waals surface area contributed by atoms with Gasteiger partial charge in [-0.25, -0.2) is 4.39 Å². The lowest BCUT2D eigenvalue weighted by atomic mass is 10.0. The molecule has 1 aromatic heterocycles. The van der Waals surface area contributed by atoms with Gasteiger partial charge in [0, 0.05) is 18.8 Å². The largest absolute Gasteiger partial charge is 0.395 e. The number of amides is 3. The van der Waals surface area contributed by atoms with Crippen molar-refractivity contribution < 1.29 is 23.5 Å². The first-order valence-corrected chi connectivity index (χ1v) is 12.1. The highest BCUT2D eigenvalue weighted by molar-refractivity contribution is 7.09. The molecular formula is C25H26FN5O4S. The van der Waals surface area contributed by atoms with Crippen LogP contribution in [0.4, 0.5) is 15.8 Å². The van der Waals surface area contributed by atoms with Crippen molar-refractivity contribution in [3.8, 4) is 0 Å². The number of nitrogens with zero attached hydrogens (tertiary/aromatic N) is 2. The molecule has 0 spiro atoms. The number of nitrogens with two attached hydrogens (primary N) is 2. The minimum absolute atomic E-state index is 0.0385. The molecular weight excluding hydrogens is 485 g/mol. The molecule has 2 aromatic carbocycles. The Morgan fingerprint density at radius 2 is 1.89 bits per heavy atom. The van der Waals surface area contributed by atoms with E-state index in [0.717, 1.165) is 29.9 Å². The van der Waals surface area contributed by atoms with Crippen molar-refractivity contribution in [2.75, 3.05) is 23.8 Å². The van der Waals surface area contributed by atoms with Gasteiger partial charge in [0.15, 0.2) is 5.69 Å². The molecule has 9 nitrogen and oxygen atoms in total. The SMILES string of the molecule is Cc1ccc(N(C(=O)c2snc(C(N)=O)c2N)C(C(=O)NCC2CCCO2)c2ccc(F)cc2)cc1. The van der Waals surface area contributed by atoms with Gasteiger partial charge in [-0.1, -0.05) is 29.8 Å². The number of nitrogen functional groups attached to an aromatic ring is 1. The number of hydrogen-bond acceptors (Lipinski definition) is 7. The highest BCUT2D eigenvalue weighted by atomic mass is 32.1. The van der Waals surface area contributed by atoms with Crippen LogP contribution in [0.3, 0.4) is 0 Å². The van der Waals surface area contributed by atoms with E-state index in [9.17, 15) is 18.8 Å². The molecule has 36 heavy (non-hydrogen) atoms. The number of benzene rings is 2. The summed E-state index contributed by atoms with van der Waals surface area (Å²) in [5.41, 5.74) is 12.7. The quantitative estimate of drug-likeness (QED) is 0.425. The number of aromatic nitrogens is 1. The molecule has 0 saturated carbocycles. The molecule has 2 heterocycles. The molecule has 0 bridgehead atoms. The number of hydrogen-bond donors (Lipinski definition) is 3. The number of aryl methyl sites for hydroxylation is 1. The number of ether oxygens (including phenoxy) is 1. The second kappa shape index (κ2) is 10.8. The molecule has 0 radical (unpaired) electrons. The first kappa shape index (κ1) is 25.3. The van der Waals surface area contributed by atoms with E-state index < -0.39 is 29.6 Å². The van der Waals surface area contributed by atoms with Crippen LogP contribution in [0.1, 0.15) is 50.2 Å². The highest BCUT2D eigenvalue weighted by Gasteiger charge is 2.36. The summed E-state index contributed by atoms with van der Waals surface area (Å²) in [4.78, 5) is 40.5. The fourth-order valence-corrected chi connectivity index (χ4v) is 4.75. The number of halogens is 1. The monoisotopic (exact) mass is 511 g/mol. The molecule has 3 aromatic rings. The van der Waals surface area contributed by atoms with Gasteiger partial charge in [-0.05, 0) is 61.1 Å².